The van der Waals surface area contributed by atoms with Crippen molar-refractivity contribution in [2.24, 2.45) is 0 Å². The maximum absolute atomic E-state index is 10.4. The molecule has 0 unspecified atom stereocenters. The lowest BCUT2D eigenvalue weighted by molar-refractivity contribution is -0.185. The quantitative estimate of drug-likeness (QED) is 0.730. The van der Waals surface area contributed by atoms with Crippen LogP contribution in [0, 0.1) is 0 Å². The predicted octanol–water partition coefficient (Wildman–Crippen LogP) is 1.47. The standard InChI is InChI=1S/C13H23NO4/c15-12(16)4-2-1-3-7-14-8-5-13(6-9-14)17-10-11-18-13/h1-11H2,(H,15,16). The average molecular weight is 257 g/mol. The van der Waals surface area contributed by atoms with Crippen LogP contribution in [0.25, 0.3) is 0 Å². The van der Waals surface area contributed by atoms with Gasteiger partial charge in [-0.15, -0.1) is 0 Å². The molecule has 0 aliphatic carbocycles. The average Bonchev–Trinajstić information content (AvgIpc) is 2.80. The van der Waals surface area contributed by atoms with Gasteiger partial charge in [-0.3, -0.25) is 4.79 Å². The molecule has 5 heteroatoms. The zero-order valence-corrected chi connectivity index (χ0v) is 10.9. The van der Waals surface area contributed by atoms with Crippen molar-refractivity contribution >= 4 is 5.97 Å². The lowest BCUT2D eigenvalue weighted by atomic mass is 10.0. The van der Waals surface area contributed by atoms with Crippen molar-refractivity contribution in [2.45, 2.75) is 44.3 Å². The number of rotatable bonds is 6. The third-order valence-corrected chi connectivity index (χ3v) is 3.80. The van der Waals surface area contributed by atoms with Crippen molar-refractivity contribution in [1.29, 1.82) is 0 Å². The first kappa shape index (κ1) is 13.8. The smallest absolute Gasteiger partial charge is 0.303 e. The first-order chi connectivity index (χ1) is 8.70. The van der Waals surface area contributed by atoms with Crippen molar-refractivity contribution in [1.82, 2.24) is 4.90 Å². The van der Waals surface area contributed by atoms with E-state index < -0.39 is 5.97 Å². The molecule has 0 aromatic rings. The molecule has 104 valence electrons. The van der Waals surface area contributed by atoms with E-state index in [1.54, 1.807) is 0 Å². The highest BCUT2D eigenvalue weighted by molar-refractivity contribution is 5.66. The second-order valence-corrected chi connectivity index (χ2v) is 5.15. The lowest BCUT2D eigenvalue weighted by Gasteiger charge is -2.37. The molecule has 0 aromatic carbocycles. The largest absolute Gasteiger partial charge is 0.481 e. The van der Waals surface area contributed by atoms with Crippen LogP contribution >= 0.6 is 0 Å². The molecule has 0 aromatic heterocycles. The summed E-state index contributed by atoms with van der Waals surface area (Å²) >= 11 is 0. The summed E-state index contributed by atoms with van der Waals surface area (Å²) in [5, 5.41) is 8.54. The van der Waals surface area contributed by atoms with Gasteiger partial charge in [-0.25, -0.2) is 0 Å². The van der Waals surface area contributed by atoms with E-state index in [9.17, 15) is 4.79 Å². The van der Waals surface area contributed by atoms with E-state index in [-0.39, 0.29) is 5.79 Å². The van der Waals surface area contributed by atoms with Gasteiger partial charge >= 0.3 is 5.97 Å². The number of carboxylic acid groups (broad SMARTS) is 1. The zero-order chi connectivity index (χ0) is 12.8. The summed E-state index contributed by atoms with van der Waals surface area (Å²) < 4.78 is 11.4. The van der Waals surface area contributed by atoms with E-state index >= 15 is 0 Å². The first-order valence-corrected chi connectivity index (χ1v) is 6.92. The second-order valence-electron chi connectivity index (χ2n) is 5.15. The molecule has 0 bridgehead atoms. The Morgan fingerprint density at radius 1 is 1.11 bits per heavy atom. The number of unbranched alkanes of at least 4 members (excludes halogenated alkanes) is 2. The molecule has 2 aliphatic rings. The molecule has 1 N–H and O–H groups in total. The van der Waals surface area contributed by atoms with Gasteiger partial charge < -0.3 is 19.5 Å². The molecule has 1 spiro atoms. The topological polar surface area (TPSA) is 59.0 Å². The fourth-order valence-electron chi connectivity index (χ4n) is 2.69. The molecule has 0 saturated carbocycles. The molecule has 18 heavy (non-hydrogen) atoms. The summed E-state index contributed by atoms with van der Waals surface area (Å²) in [7, 11) is 0. The van der Waals surface area contributed by atoms with Crippen molar-refractivity contribution in [3.8, 4) is 0 Å². The number of likely N-dealkylation sites (tertiary alicyclic amines) is 1. The van der Waals surface area contributed by atoms with Gasteiger partial charge in [0.05, 0.1) is 13.2 Å². The van der Waals surface area contributed by atoms with Crippen molar-refractivity contribution in [2.75, 3.05) is 32.8 Å². The Hall–Kier alpha value is -0.650. The summed E-state index contributed by atoms with van der Waals surface area (Å²) in [6.07, 6.45) is 5.09. The Balaban J connectivity index is 1.55. The molecule has 0 amide bonds. The van der Waals surface area contributed by atoms with Gasteiger partial charge in [0.15, 0.2) is 5.79 Å². The van der Waals surface area contributed by atoms with Gasteiger partial charge in [0.25, 0.3) is 0 Å². The van der Waals surface area contributed by atoms with Crippen LogP contribution < -0.4 is 0 Å². The Morgan fingerprint density at radius 2 is 1.78 bits per heavy atom. The molecule has 2 saturated heterocycles. The Kier molecular flexibility index (Phi) is 4.97. The molecule has 0 radical (unpaired) electrons. The molecular weight excluding hydrogens is 234 g/mol. The Labute approximate surface area is 108 Å². The predicted molar refractivity (Wildman–Crippen MR) is 66.4 cm³/mol. The molecular formula is C13H23NO4. The normalized spacial score (nSPS) is 23.6. The summed E-state index contributed by atoms with van der Waals surface area (Å²) in [5.74, 6) is -0.967. The van der Waals surface area contributed by atoms with Gasteiger partial charge in [-0.2, -0.15) is 0 Å². The number of carboxylic acids is 1. The van der Waals surface area contributed by atoms with E-state index in [2.05, 4.69) is 4.90 Å². The number of aliphatic carboxylic acids is 1. The van der Waals surface area contributed by atoms with Crippen LogP contribution in [-0.2, 0) is 14.3 Å². The van der Waals surface area contributed by atoms with Crippen LogP contribution in [0.4, 0.5) is 0 Å². The van der Waals surface area contributed by atoms with Gasteiger partial charge in [0, 0.05) is 32.4 Å². The highest BCUT2D eigenvalue weighted by atomic mass is 16.7. The van der Waals surface area contributed by atoms with Crippen LogP contribution in [0.3, 0.4) is 0 Å². The summed E-state index contributed by atoms with van der Waals surface area (Å²) in [5.41, 5.74) is 0. The minimum absolute atomic E-state index is 0.278. The van der Waals surface area contributed by atoms with Gasteiger partial charge in [-0.05, 0) is 19.4 Å². The van der Waals surface area contributed by atoms with Crippen LogP contribution in [0.15, 0.2) is 0 Å². The molecule has 2 fully saturated rings. The maximum Gasteiger partial charge on any atom is 0.303 e. The van der Waals surface area contributed by atoms with Crippen LogP contribution in [0.2, 0.25) is 0 Å². The first-order valence-electron chi connectivity index (χ1n) is 6.92. The minimum atomic E-state index is -0.689. The third-order valence-electron chi connectivity index (χ3n) is 3.80. The number of piperidine rings is 1. The lowest BCUT2D eigenvalue weighted by Crippen LogP contribution is -2.45. The number of ether oxygens (including phenoxy) is 2. The molecule has 0 atom stereocenters. The van der Waals surface area contributed by atoms with Crippen molar-refractivity contribution in [3.05, 3.63) is 0 Å². The van der Waals surface area contributed by atoms with E-state index in [0.29, 0.717) is 6.42 Å². The second kappa shape index (κ2) is 6.50. The van der Waals surface area contributed by atoms with Crippen LogP contribution in [-0.4, -0.2) is 54.6 Å². The maximum atomic E-state index is 10.4. The zero-order valence-electron chi connectivity index (χ0n) is 10.9. The molecule has 2 aliphatic heterocycles. The van der Waals surface area contributed by atoms with Crippen molar-refractivity contribution < 1.29 is 19.4 Å². The highest BCUT2D eigenvalue weighted by Gasteiger charge is 2.39. The van der Waals surface area contributed by atoms with E-state index in [0.717, 1.165) is 65.0 Å². The third kappa shape index (κ3) is 3.93. The minimum Gasteiger partial charge on any atom is -0.481 e. The summed E-state index contributed by atoms with van der Waals surface area (Å²) in [6, 6.07) is 0. The highest BCUT2D eigenvalue weighted by Crippen LogP contribution is 2.31. The van der Waals surface area contributed by atoms with Gasteiger partial charge in [0.1, 0.15) is 0 Å². The van der Waals surface area contributed by atoms with Crippen LogP contribution in [0.1, 0.15) is 38.5 Å². The molecule has 5 nitrogen and oxygen atoms in total. The number of hydrogen-bond acceptors (Lipinski definition) is 4. The Bertz CT molecular complexity index is 266. The number of nitrogens with zero attached hydrogens (tertiary/aromatic N) is 1. The summed E-state index contributed by atoms with van der Waals surface area (Å²) in [6.45, 7) is 4.58. The summed E-state index contributed by atoms with van der Waals surface area (Å²) in [4.78, 5) is 12.8. The van der Waals surface area contributed by atoms with E-state index in [1.807, 2.05) is 0 Å². The van der Waals surface area contributed by atoms with E-state index in [4.69, 9.17) is 14.6 Å². The SMILES string of the molecule is O=C(O)CCCCCN1CCC2(CC1)OCCO2. The fraction of sp³-hybridized carbons (Fsp3) is 0.923. The number of hydrogen-bond donors (Lipinski definition) is 1. The number of carbonyl (C=O) groups is 1. The van der Waals surface area contributed by atoms with Gasteiger partial charge in [0.2, 0.25) is 0 Å². The molecule has 2 rings (SSSR count). The van der Waals surface area contributed by atoms with Crippen LogP contribution in [0.5, 0.6) is 0 Å². The van der Waals surface area contributed by atoms with E-state index in [1.165, 1.54) is 0 Å². The van der Waals surface area contributed by atoms with Gasteiger partial charge in [-0.1, -0.05) is 6.42 Å². The monoisotopic (exact) mass is 257 g/mol. The fourth-order valence-corrected chi connectivity index (χ4v) is 2.69. The van der Waals surface area contributed by atoms with Crippen molar-refractivity contribution in [3.63, 3.8) is 0 Å². The molecule has 2 heterocycles. The Morgan fingerprint density at radius 3 is 2.39 bits per heavy atom.